The quantitative estimate of drug-likeness (QED) is 0.811. The molecule has 1 saturated heterocycles. The van der Waals surface area contributed by atoms with Crippen LogP contribution in [0.2, 0.25) is 0 Å². The predicted octanol–water partition coefficient (Wildman–Crippen LogP) is 1.03. The number of nitrogens with zero attached hydrogens (tertiary/aromatic N) is 1. The standard InChI is InChI=1S/C11H23N3O.2ClH/c1-9-4-3-6-14(8-9)7-5-13-11(15)10(2)12;;/h9-10H,3-8,12H2,1-2H3,(H,13,15);2*1H/t9?,10-;;/m1../s1. The first-order chi connectivity index (χ1) is 7.09. The zero-order valence-electron chi connectivity index (χ0n) is 10.6. The van der Waals surface area contributed by atoms with Crippen molar-refractivity contribution in [2.24, 2.45) is 11.7 Å². The van der Waals surface area contributed by atoms with Gasteiger partial charge < -0.3 is 16.0 Å². The van der Waals surface area contributed by atoms with Crippen molar-refractivity contribution in [2.75, 3.05) is 26.2 Å². The second-order valence-electron chi connectivity index (χ2n) is 4.63. The number of likely N-dealkylation sites (tertiary alicyclic amines) is 1. The summed E-state index contributed by atoms with van der Waals surface area (Å²) in [6.07, 6.45) is 2.62. The summed E-state index contributed by atoms with van der Waals surface area (Å²) in [5, 5.41) is 2.84. The molecule has 4 nitrogen and oxygen atoms in total. The highest BCUT2D eigenvalue weighted by Crippen LogP contribution is 2.14. The fourth-order valence-corrected chi connectivity index (χ4v) is 1.99. The fourth-order valence-electron chi connectivity index (χ4n) is 1.99. The molecule has 0 aromatic carbocycles. The third-order valence-corrected chi connectivity index (χ3v) is 2.88. The van der Waals surface area contributed by atoms with E-state index >= 15 is 0 Å². The molecule has 1 unspecified atom stereocenters. The number of rotatable bonds is 4. The van der Waals surface area contributed by atoms with Gasteiger partial charge in [-0.05, 0) is 32.2 Å². The van der Waals surface area contributed by atoms with Crippen LogP contribution in [-0.4, -0.2) is 43.0 Å². The smallest absolute Gasteiger partial charge is 0.236 e. The number of amides is 1. The summed E-state index contributed by atoms with van der Waals surface area (Å²) in [6, 6.07) is -0.398. The minimum atomic E-state index is -0.398. The summed E-state index contributed by atoms with van der Waals surface area (Å²) in [7, 11) is 0. The van der Waals surface area contributed by atoms with Crippen molar-refractivity contribution >= 4 is 30.7 Å². The number of nitrogens with two attached hydrogens (primary N) is 1. The molecule has 0 bridgehead atoms. The Bertz CT molecular complexity index is 215. The van der Waals surface area contributed by atoms with E-state index in [0.717, 1.165) is 19.0 Å². The molecule has 104 valence electrons. The summed E-state index contributed by atoms with van der Waals surface area (Å²) in [5.41, 5.74) is 5.45. The molecule has 1 aliphatic heterocycles. The molecule has 0 aliphatic carbocycles. The second kappa shape index (κ2) is 9.95. The van der Waals surface area contributed by atoms with E-state index in [1.54, 1.807) is 6.92 Å². The van der Waals surface area contributed by atoms with Crippen molar-refractivity contribution in [3.05, 3.63) is 0 Å². The molecule has 1 aliphatic rings. The molecule has 3 N–H and O–H groups in total. The summed E-state index contributed by atoms with van der Waals surface area (Å²) >= 11 is 0. The molecule has 0 spiro atoms. The average Bonchev–Trinajstić information content (AvgIpc) is 2.17. The van der Waals surface area contributed by atoms with Gasteiger partial charge >= 0.3 is 0 Å². The van der Waals surface area contributed by atoms with Crippen molar-refractivity contribution in [1.82, 2.24) is 10.2 Å². The van der Waals surface area contributed by atoms with E-state index in [2.05, 4.69) is 17.1 Å². The topological polar surface area (TPSA) is 58.4 Å². The molecule has 0 saturated carbocycles. The summed E-state index contributed by atoms with van der Waals surface area (Å²) in [4.78, 5) is 13.6. The number of carbonyl (C=O) groups excluding carboxylic acids is 1. The molecular weight excluding hydrogens is 261 g/mol. The zero-order chi connectivity index (χ0) is 11.3. The molecular formula is C11H25Cl2N3O. The summed E-state index contributed by atoms with van der Waals surface area (Å²) in [5.74, 6) is 0.739. The minimum absolute atomic E-state index is 0. The van der Waals surface area contributed by atoms with Crippen molar-refractivity contribution in [1.29, 1.82) is 0 Å². The Kier molecular flexibility index (Phi) is 11.3. The van der Waals surface area contributed by atoms with E-state index in [0.29, 0.717) is 6.54 Å². The molecule has 1 amide bonds. The predicted molar refractivity (Wildman–Crippen MR) is 76.0 cm³/mol. The maximum atomic E-state index is 11.2. The number of hydrogen-bond donors (Lipinski definition) is 2. The van der Waals surface area contributed by atoms with Crippen LogP contribution in [-0.2, 0) is 4.79 Å². The fraction of sp³-hybridized carbons (Fsp3) is 0.909. The van der Waals surface area contributed by atoms with E-state index < -0.39 is 6.04 Å². The van der Waals surface area contributed by atoms with E-state index in [1.165, 1.54) is 19.4 Å². The van der Waals surface area contributed by atoms with Crippen molar-refractivity contribution in [3.8, 4) is 0 Å². The maximum absolute atomic E-state index is 11.2. The molecule has 0 radical (unpaired) electrons. The Labute approximate surface area is 117 Å². The number of halogens is 2. The summed E-state index contributed by atoms with van der Waals surface area (Å²) < 4.78 is 0. The van der Waals surface area contributed by atoms with Crippen LogP contribution in [0.1, 0.15) is 26.7 Å². The third-order valence-electron chi connectivity index (χ3n) is 2.88. The van der Waals surface area contributed by atoms with Crippen LogP contribution >= 0.6 is 24.8 Å². The highest BCUT2D eigenvalue weighted by molar-refractivity contribution is 5.85. The molecule has 1 heterocycles. The number of carbonyl (C=O) groups is 1. The Morgan fingerprint density at radius 1 is 1.53 bits per heavy atom. The van der Waals surface area contributed by atoms with Gasteiger partial charge in [0.15, 0.2) is 0 Å². The Balaban J connectivity index is 0. The minimum Gasteiger partial charge on any atom is -0.353 e. The largest absolute Gasteiger partial charge is 0.353 e. The lowest BCUT2D eigenvalue weighted by molar-refractivity contribution is -0.122. The maximum Gasteiger partial charge on any atom is 0.236 e. The van der Waals surface area contributed by atoms with Gasteiger partial charge in [0, 0.05) is 19.6 Å². The Morgan fingerprint density at radius 3 is 2.71 bits per heavy atom. The first kappa shape index (κ1) is 19.3. The normalized spacial score (nSPS) is 21.9. The van der Waals surface area contributed by atoms with Crippen LogP contribution in [0.25, 0.3) is 0 Å². The van der Waals surface area contributed by atoms with E-state index in [1.807, 2.05) is 0 Å². The van der Waals surface area contributed by atoms with Crippen molar-refractivity contribution in [3.63, 3.8) is 0 Å². The van der Waals surface area contributed by atoms with Gasteiger partial charge in [-0.2, -0.15) is 0 Å². The Morgan fingerprint density at radius 2 is 2.18 bits per heavy atom. The summed E-state index contributed by atoms with van der Waals surface area (Å²) in [6.45, 7) is 7.98. The van der Waals surface area contributed by atoms with Gasteiger partial charge in [-0.1, -0.05) is 6.92 Å². The van der Waals surface area contributed by atoms with Crippen LogP contribution in [0.3, 0.4) is 0 Å². The van der Waals surface area contributed by atoms with Crippen LogP contribution in [0, 0.1) is 5.92 Å². The molecule has 1 fully saturated rings. The van der Waals surface area contributed by atoms with E-state index in [9.17, 15) is 4.79 Å². The average molecular weight is 286 g/mol. The lowest BCUT2D eigenvalue weighted by Gasteiger charge is -2.30. The monoisotopic (exact) mass is 285 g/mol. The molecule has 1 rings (SSSR count). The van der Waals surface area contributed by atoms with Gasteiger partial charge in [0.2, 0.25) is 5.91 Å². The first-order valence-corrected chi connectivity index (χ1v) is 5.85. The van der Waals surface area contributed by atoms with Crippen LogP contribution < -0.4 is 11.1 Å². The van der Waals surface area contributed by atoms with E-state index in [-0.39, 0.29) is 30.7 Å². The second-order valence-corrected chi connectivity index (χ2v) is 4.63. The van der Waals surface area contributed by atoms with Crippen LogP contribution in [0.4, 0.5) is 0 Å². The van der Waals surface area contributed by atoms with Gasteiger partial charge in [-0.25, -0.2) is 0 Å². The SMILES string of the molecule is CC1CCCN(CCNC(=O)[C@@H](C)N)C1.Cl.Cl. The Hall–Kier alpha value is -0.0300. The van der Waals surface area contributed by atoms with Crippen molar-refractivity contribution < 1.29 is 4.79 Å². The zero-order valence-corrected chi connectivity index (χ0v) is 12.3. The van der Waals surface area contributed by atoms with Gasteiger partial charge in [0.05, 0.1) is 6.04 Å². The van der Waals surface area contributed by atoms with Gasteiger partial charge in [-0.3, -0.25) is 4.79 Å². The highest BCUT2D eigenvalue weighted by Gasteiger charge is 2.15. The number of piperidine rings is 1. The van der Waals surface area contributed by atoms with E-state index in [4.69, 9.17) is 5.73 Å². The number of nitrogens with one attached hydrogen (secondary N) is 1. The molecule has 2 atom stereocenters. The van der Waals surface area contributed by atoms with Gasteiger partial charge in [0.25, 0.3) is 0 Å². The molecule has 0 aromatic rings. The van der Waals surface area contributed by atoms with Gasteiger partial charge in [-0.15, -0.1) is 24.8 Å². The van der Waals surface area contributed by atoms with Gasteiger partial charge in [0.1, 0.15) is 0 Å². The van der Waals surface area contributed by atoms with Crippen LogP contribution in [0.15, 0.2) is 0 Å². The third kappa shape index (κ3) is 7.82. The molecule has 0 aromatic heterocycles. The number of hydrogen-bond acceptors (Lipinski definition) is 3. The molecule has 6 heteroatoms. The highest BCUT2D eigenvalue weighted by atomic mass is 35.5. The first-order valence-electron chi connectivity index (χ1n) is 5.85. The van der Waals surface area contributed by atoms with Crippen molar-refractivity contribution in [2.45, 2.75) is 32.7 Å². The lowest BCUT2D eigenvalue weighted by atomic mass is 10.0. The lowest BCUT2D eigenvalue weighted by Crippen LogP contribution is -2.44. The van der Waals surface area contributed by atoms with Crippen LogP contribution in [0.5, 0.6) is 0 Å². The molecule has 17 heavy (non-hydrogen) atoms.